The van der Waals surface area contributed by atoms with Gasteiger partial charge in [-0.2, -0.15) is 0 Å². The first kappa shape index (κ1) is 13.2. The van der Waals surface area contributed by atoms with Gasteiger partial charge in [-0.15, -0.1) is 11.3 Å². The Morgan fingerprint density at radius 2 is 1.85 bits per heavy atom. The van der Waals surface area contributed by atoms with Crippen LogP contribution in [-0.4, -0.2) is 10.1 Å². The van der Waals surface area contributed by atoms with E-state index in [2.05, 4.69) is 22.4 Å². The van der Waals surface area contributed by atoms with E-state index >= 15 is 0 Å². The van der Waals surface area contributed by atoms with Crippen molar-refractivity contribution in [2.75, 3.05) is 0 Å². The lowest BCUT2D eigenvalue weighted by molar-refractivity contribution is 0.281. The number of benzene rings is 2. The summed E-state index contributed by atoms with van der Waals surface area (Å²) < 4.78 is 1.23. The quantitative estimate of drug-likeness (QED) is 0.757. The number of hydrogen-bond donors (Lipinski definition) is 2. The number of aliphatic hydroxyl groups excluding tert-OH is 1. The summed E-state index contributed by atoms with van der Waals surface area (Å²) in [7, 11) is 0. The van der Waals surface area contributed by atoms with E-state index in [9.17, 15) is 0 Å². The van der Waals surface area contributed by atoms with Crippen molar-refractivity contribution in [2.24, 2.45) is 0 Å². The van der Waals surface area contributed by atoms with Gasteiger partial charge >= 0.3 is 0 Å². The molecule has 3 rings (SSSR count). The number of aliphatic hydroxyl groups is 1. The van der Waals surface area contributed by atoms with Crippen LogP contribution in [0.1, 0.15) is 16.1 Å². The van der Waals surface area contributed by atoms with Crippen molar-refractivity contribution in [1.82, 2.24) is 10.3 Å². The fourth-order valence-corrected chi connectivity index (χ4v) is 3.08. The van der Waals surface area contributed by atoms with E-state index in [1.54, 1.807) is 11.3 Å². The molecule has 3 nitrogen and oxygen atoms in total. The van der Waals surface area contributed by atoms with E-state index in [1.165, 1.54) is 10.3 Å². The molecular weight excluding hydrogens is 268 g/mol. The lowest BCUT2D eigenvalue weighted by atomic mass is 10.1. The average Bonchev–Trinajstić information content (AvgIpc) is 2.90. The summed E-state index contributed by atoms with van der Waals surface area (Å²) in [5.74, 6) is 0. The number of nitrogens with one attached hydrogen (secondary N) is 1. The van der Waals surface area contributed by atoms with E-state index in [1.807, 2.05) is 36.4 Å². The summed E-state index contributed by atoms with van der Waals surface area (Å²) in [6.45, 7) is 1.64. The molecule has 0 spiro atoms. The van der Waals surface area contributed by atoms with Gasteiger partial charge in [-0.25, -0.2) is 4.98 Å². The molecule has 1 aromatic heterocycles. The number of fused-ring (bicyclic) bond motifs is 1. The lowest BCUT2D eigenvalue weighted by Crippen LogP contribution is -2.12. The Kier molecular flexibility index (Phi) is 4.06. The summed E-state index contributed by atoms with van der Waals surface area (Å²) in [6.07, 6.45) is 0. The zero-order valence-corrected chi connectivity index (χ0v) is 11.9. The normalized spacial score (nSPS) is 11.1. The molecule has 102 valence electrons. The molecule has 0 aliphatic heterocycles. The Bertz CT molecular complexity index is 675. The van der Waals surface area contributed by atoms with E-state index in [0.717, 1.165) is 29.2 Å². The monoisotopic (exact) mass is 284 g/mol. The van der Waals surface area contributed by atoms with Gasteiger partial charge in [-0.1, -0.05) is 36.4 Å². The van der Waals surface area contributed by atoms with Crippen LogP contribution in [0.15, 0.2) is 48.5 Å². The third-order valence-corrected chi connectivity index (χ3v) is 4.15. The number of hydrogen-bond acceptors (Lipinski definition) is 4. The van der Waals surface area contributed by atoms with Gasteiger partial charge in [0.2, 0.25) is 0 Å². The number of aromatic nitrogens is 1. The van der Waals surface area contributed by atoms with E-state index in [0.29, 0.717) is 0 Å². The van der Waals surface area contributed by atoms with Crippen LogP contribution < -0.4 is 5.32 Å². The maximum absolute atomic E-state index is 9.12. The molecule has 2 aromatic carbocycles. The molecule has 0 aliphatic rings. The van der Waals surface area contributed by atoms with Crippen LogP contribution in [0.4, 0.5) is 0 Å². The molecule has 2 N–H and O–H groups in total. The minimum atomic E-state index is 0.0890. The second kappa shape index (κ2) is 6.13. The van der Waals surface area contributed by atoms with E-state index in [4.69, 9.17) is 5.11 Å². The summed E-state index contributed by atoms with van der Waals surface area (Å²) in [5, 5.41) is 13.6. The van der Waals surface area contributed by atoms with Crippen LogP contribution in [0.3, 0.4) is 0 Å². The predicted molar refractivity (Wildman–Crippen MR) is 82.5 cm³/mol. The molecule has 0 aliphatic carbocycles. The third kappa shape index (κ3) is 3.04. The highest BCUT2D eigenvalue weighted by Gasteiger charge is 2.02. The first-order valence-electron chi connectivity index (χ1n) is 6.59. The Labute approximate surface area is 121 Å². The fourth-order valence-electron chi connectivity index (χ4n) is 2.15. The molecule has 0 unspecified atom stereocenters. The zero-order chi connectivity index (χ0) is 13.8. The lowest BCUT2D eigenvalue weighted by Gasteiger charge is -2.04. The van der Waals surface area contributed by atoms with Crippen molar-refractivity contribution in [3.8, 4) is 0 Å². The summed E-state index contributed by atoms with van der Waals surface area (Å²) in [4.78, 5) is 4.59. The number of rotatable bonds is 5. The van der Waals surface area contributed by atoms with E-state index in [-0.39, 0.29) is 6.61 Å². The van der Waals surface area contributed by atoms with Crippen molar-refractivity contribution in [3.05, 3.63) is 64.7 Å². The largest absolute Gasteiger partial charge is 0.392 e. The number of thiazole rings is 1. The van der Waals surface area contributed by atoms with Crippen molar-refractivity contribution >= 4 is 21.6 Å². The van der Waals surface area contributed by atoms with Crippen molar-refractivity contribution in [3.63, 3.8) is 0 Å². The molecule has 0 amide bonds. The third-order valence-electron chi connectivity index (χ3n) is 3.12. The minimum Gasteiger partial charge on any atom is -0.392 e. The molecule has 0 saturated carbocycles. The van der Waals surface area contributed by atoms with Crippen LogP contribution in [0.2, 0.25) is 0 Å². The molecule has 0 atom stereocenters. The van der Waals surface area contributed by atoms with Gasteiger partial charge < -0.3 is 10.4 Å². The van der Waals surface area contributed by atoms with Gasteiger partial charge in [0.15, 0.2) is 0 Å². The van der Waals surface area contributed by atoms with Crippen LogP contribution in [0, 0.1) is 0 Å². The molecular formula is C16H16N2OS. The highest BCUT2D eigenvalue weighted by molar-refractivity contribution is 7.18. The summed E-state index contributed by atoms with van der Waals surface area (Å²) >= 11 is 1.73. The smallest absolute Gasteiger partial charge is 0.108 e. The topological polar surface area (TPSA) is 45.1 Å². The van der Waals surface area contributed by atoms with Crippen LogP contribution in [0.5, 0.6) is 0 Å². The molecule has 4 heteroatoms. The standard InChI is InChI=1S/C16H16N2OS/c19-11-13-5-3-4-12(8-13)9-17-10-16-18-14-6-1-2-7-15(14)20-16/h1-8,17,19H,9-11H2. The van der Waals surface area contributed by atoms with Crippen LogP contribution in [0.25, 0.3) is 10.2 Å². The highest BCUT2D eigenvalue weighted by atomic mass is 32.1. The molecule has 0 fully saturated rings. The fraction of sp³-hybridized carbons (Fsp3) is 0.188. The second-order valence-electron chi connectivity index (χ2n) is 4.66. The van der Waals surface area contributed by atoms with Gasteiger partial charge in [0.25, 0.3) is 0 Å². The predicted octanol–water partition coefficient (Wildman–Crippen LogP) is 3.08. The van der Waals surface area contributed by atoms with Gasteiger partial charge in [-0.3, -0.25) is 0 Å². The summed E-state index contributed by atoms with van der Waals surface area (Å²) in [6, 6.07) is 16.2. The van der Waals surface area contributed by atoms with Crippen molar-refractivity contribution in [1.29, 1.82) is 0 Å². The molecule has 0 radical (unpaired) electrons. The molecule has 0 saturated heterocycles. The number of nitrogens with zero attached hydrogens (tertiary/aromatic N) is 1. The maximum Gasteiger partial charge on any atom is 0.108 e. The molecule has 0 bridgehead atoms. The second-order valence-corrected chi connectivity index (χ2v) is 5.77. The van der Waals surface area contributed by atoms with Crippen molar-refractivity contribution in [2.45, 2.75) is 19.7 Å². The van der Waals surface area contributed by atoms with Gasteiger partial charge in [0.05, 0.1) is 16.8 Å². The Morgan fingerprint density at radius 1 is 1.00 bits per heavy atom. The zero-order valence-electron chi connectivity index (χ0n) is 11.0. The van der Waals surface area contributed by atoms with Crippen LogP contribution >= 0.6 is 11.3 Å². The first-order valence-corrected chi connectivity index (χ1v) is 7.40. The molecule has 3 aromatic rings. The maximum atomic E-state index is 9.12. The van der Waals surface area contributed by atoms with E-state index < -0.39 is 0 Å². The van der Waals surface area contributed by atoms with Gasteiger partial charge in [0.1, 0.15) is 5.01 Å². The minimum absolute atomic E-state index is 0.0890. The van der Waals surface area contributed by atoms with Gasteiger partial charge in [-0.05, 0) is 23.3 Å². The Morgan fingerprint density at radius 3 is 2.70 bits per heavy atom. The SMILES string of the molecule is OCc1cccc(CNCc2nc3ccccc3s2)c1. The van der Waals surface area contributed by atoms with Gasteiger partial charge in [0, 0.05) is 13.1 Å². The molecule has 1 heterocycles. The highest BCUT2D eigenvalue weighted by Crippen LogP contribution is 2.21. The summed E-state index contributed by atoms with van der Waals surface area (Å²) in [5.41, 5.74) is 3.19. The first-order chi connectivity index (χ1) is 9.85. The van der Waals surface area contributed by atoms with Crippen molar-refractivity contribution < 1.29 is 5.11 Å². The van der Waals surface area contributed by atoms with Crippen LogP contribution in [-0.2, 0) is 19.7 Å². The Balaban J connectivity index is 1.61. The molecule has 20 heavy (non-hydrogen) atoms. The average molecular weight is 284 g/mol. The Hall–Kier alpha value is -1.75. The number of para-hydroxylation sites is 1.